The van der Waals surface area contributed by atoms with Crippen molar-refractivity contribution in [1.29, 1.82) is 0 Å². The Morgan fingerprint density at radius 1 is 1.24 bits per heavy atom. The van der Waals surface area contributed by atoms with Gasteiger partial charge in [-0.15, -0.1) is 11.3 Å². The molecule has 1 aromatic heterocycles. The SMILES string of the molecule is CCN(Cc1ccccc1)S(=O)(=O)c1cc(CN)sc1C. The number of benzene rings is 1. The van der Waals surface area contributed by atoms with E-state index < -0.39 is 10.0 Å². The second-order valence-electron chi connectivity index (χ2n) is 4.75. The summed E-state index contributed by atoms with van der Waals surface area (Å²) in [7, 11) is -3.48. The standard InChI is InChI=1S/C15H20N2O2S2/c1-3-17(11-13-7-5-4-6-8-13)21(18,19)15-9-14(10-16)20-12(15)2/h4-9H,3,10-11,16H2,1-2H3. The highest BCUT2D eigenvalue weighted by Crippen LogP contribution is 2.28. The van der Waals surface area contributed by atoms with Crippen molar-refractivity contribution < 1.29 is 8.42 Å². The number of thiophene rings is 1. The van der Waals surface area contributed by atoms with Crippen molar-refractivity contribution in [2.24, 2.45) is 5.73 Å². The fourth-order valence-corrected chi connectivity index (χ4v) is 5.09. The Bertz CT molecular complexity index is 694. The monoisotopic (exact) mass is 324 g/mol. The molecule has 0 saturated heterocycles. The van der Waals surface area contributed by atoms with E-state index in [2.05, 4.69) is 0 Å². The quantitative estimate of drug-likeness (QED) is 0.888. The minimum atomic E-state index is -3.48. The lowest BCUT2D eigenvalue weighted by atomic mass is 10.2. The predicted molar refractivity (Wildman–Crippen MR) is 86.7 cm³/mol. The van der Waals surface area contributed by atoms with Gasteiger partial charge in [-0.25, -0.2) is 8.42 Å². The molecule has 1 heterocycles. The molecule has 0 atom stereocenters. The van der Waals surface area contributed by atoms with Crippen LogP contribution in [0.1, 0.15) is 22.2 Å². The Kier molecular flexibility index (Phi) is 5.16. The summed E-state index contributed by atoms with van der Waals surface area (Å²) in [4.78, 5) is 2.06. The molecule has 4 nitrogen and oxygen atoms in total. The summed E-state index contributed by atoms with van der Waals surface area (Å²) in [5.41, 5.74) is 6.59. The molecule has 6 heteroatoms. The lowest BCUT2D eigenvalue weighted by Crippen LogP contribution is -2.30. The first-order valence-electron chi connectivity index (χ1n) is 6.82. The number of hydrogen-bond donors (Lipinski definition) is 1. The molecule has 0 bridgehead atoms. The summed E-state index contributed by atoms with van der Waals surface area (Å²) >= 11 is 1.44. The van der Waals surface area contributed by atoms with Gasteiger partial charge in [-0.2, -0.15) is 4.31 Å². The zero-order valence-corrected chi connectivity index (χ0v) is 13.9. The minimum absolute atomic E-state index is 0.367. The molecule has 0 fully saturated rings. The minimum Gasteiger partial charge on any atom is -0.326 e. The van der Waals surface area contributed by atoms with Gasteiger partial charge >= 0.3 is 0 Å². The van der Waals surface area contributed by atoms with Crippen LogP contribution in [0.25, 0.3) is 0 Å². The molecule has 0 radical (unpaired) electrons. The Balaban J connectivity index is 2.33. The molecule has 1 aromatic carbocycles. The number of sulfonamides is 1. The van der Waals surface area contributed by atoms with Gasteiger partial charge in [0.25, 0.3) is 0 Å². The van der Waals surface area contributed by atoms with Gasteiger partial charge in [0, 0.05) is 29.4 Å². The molecule has 0 spiro atoms. The topological polar surface area (TPSA) is 63.4 Å². The van der Waals surface area contributed by atoms with E-state index in [1.165, 1.54) is 15.6 Å². The number of hydrogen-bond acceptors (Lipinski definition) is 4. The summed E-state index contributed by atoms with van der Waals surface area (Å²) in [6.45, 7) is 4.86. The second kappa shape index (κ2) is 6.70. The van der Waals surface area contributed by atoms with Gasteiger partial charge < -0.3 is 5.73 Å². The zero-order chi connectivity index (χ0) is 15.5. The van der Waals surface area contributed by atoms with Gasteiger partial charge in [0.2, 0.25) is 10.0 Å². The van der Waals surface area contributed by atoms with Gasteiger partial charge in [0.1, 0.15) is 0 Å². The summed E-state index contributed by atoms with van der Waals surface area (Å²) in [5, 5.41) is 0. The predicted octanol–water partition coefficient (Wildman–Crippen LogP) is 2.73. The van der Waals surface area contributed by atoms with Crippen molar-refractivity contribution in [1.82, 2.24) is 4.31 Å². The van der Waals surface area contributed by atoms with Crippen LogP contribution in [0.2, 0.25) is 0 Å². The summed E-state index contributed by atoms with van der Waals surface area (Å²) in [6.07, 6.45) is 0. The highest BCUT2D eigenvalue weighted by molar-refractivity contribution is 7.89. The lowest BCUT2D eigenvalue weighted by Gasteiger charge is -2.20. The van der Waals surface area contributed by atoms with Gasteiger partial charge in [-0.05, 0) is 18.6 Å². The van der Waals surface area contributed by atoms with Crippen molar-refractivity contribution >= 4 is 21.4 Å². The van der Waals surface area contributed by atoms with Crippen LogP contribution < -0.4 is 5.73 Å². The second-order valence-corrected chi connectivity index (χ2v) is 8.00. The molecule has 0 aliphatic carbocycles. The van der Waals surface area contributed by atoms with E-state index in [1.54, 1.807) is 6.07 Å². The fourth-order valence-electron chi connectivity index (χ4n) is 2.17. The average molecular weight is 324 g/mol. The number of rotatable bonds is 6. The van der Waals surface area contributed by atoms with E-state index in [4.69, 9.17) is 5.73 Å². The molecule has 21 heavy (non-hydrogen) atoms. The van der Waals surface area contributed by atoms with Crippen LogP contribution >= 0.6 is 11.3 Å². The van der Waals surface area contributed by atoms with Crippen LogP contribution in [-0.2, 0) is 23.1 Å². The molecular weight excluding hydrogens is 304 g/mol. The van der Waals surface area contributed by atoms with Crippen LogP contribution in [0.4, 0.5) is 0 Å². The van der Waals surface area contributed by atoms with Crippen LogP contribution in [0.3, 0.4) is 0 Å². The maximum absolute atomic E-state index is 12.8. The van der Waals surface area contributed by atoms with Crippen molar-refractivity contribution in [3.63, 3.8) is 0 Å². The van der Waals surface area contributed by atoms with Gasteiger partial charge in [0.05, 0.1) is 4.90 Å². The lowest BCUT2D eigenvalue weighted by molar-refractivity contribution is 0.423. The fraction of sp³-hybridized carbons (Fsp3) is 0.333. The Hall–Kier alpha value is -1.21. The molecule has 0 amide bonds. The normalized spacial score (nSPS) is 12.0. The average Bonchev–Trinajstić information content (AvgIpc) is 2.87. The molecule has 0 unspecified atom stereocenters. The Morgan fingerprint density at radius 3 is 2.43 bits per heavy atom. The summed E-state index contributed by atoms with van der Waals surface area (Å²) < 4.78 is 27.1. The van der Waals surface area contributed by atoms with Crippen LogP contribution in [0.5, 0.6) is 0 Å². The third-order valence-corrected chi connectivity index (χ3v) is 6.55. The van der Waals surface area contributed by atoms with Crippen molar-refractivity contribution in [3.8, 4) is 0 Å². The maximum atomic E-state index is 12.8. The van der Waals surface area contributed by atoms with Crippen molar-refractivity contribution in [2.75, 3.05) is 6.54 Å². The van der Waals surface area contributed by atoms with E-state index in [-0.39, 0.29) is 0 Å². The van der Waals surface area contributed by atoms with E-state index in [1.807, 2.05) is 44.2 Å². The van der Waals surface area contributed by atoms with E-state index in [0.29, 0.717) is 24.5 Å². The van der Waals surface area contributed by atoms with Crippen LogP contribution in [0.15, 0.2) is 41.3 Å². The van der Waals surface area contributed by atoms with E-state index >= 15 is 0 Å². The summed E-state index contributed by atoms with van der Waals surface area (Å²) in [5.74, 6) is 0. The molecule has 114 valence electrons. The van der Waals surface area contributed by atoms with E-state index in [9.17, 15) is 8.42 Å². The molecule has 2 rings (SSSR count). The van der Waals surface area contributed by atoms with Gasteiger partial charge in [-0.1, -0.05) is 37.3 Å². The number of aryl methyl sites for hydroxylation is 1. The van der Waals surface area contributed by atoms with Crippen molar-refractivity contribution in [2.45, 2.75) is 31.8 Å². The highest BCUT2D eigenvalue weighted by atomic mass is 32.2. The zero-order valence-electron chi connectivity index (χ0n) is 12.2. The van der Waals surface area contributed by atoms with Crippen LogP contribution in [-0.4, -0.2) is 19.3 Å². The third kappa shape index (κ3) is 3.52. The number of nitrogens with two attached hydrogens (primary N) is 1. The van der Waals surface area contributed by atoms with Crippen LogP contribution in [0, 0.1) is 6.92 Å². The first-order valence-corrected chi connectivity index (χ1v) is 9.08. The Morgan fingerprint density at radius 2 is 1.90 bits per heavy atom. The van der Waals surface area contributed by atoms with Gasteiger partial charge in [-0.3, -0.25) is 0 Å². The molecule has 0 aliphatic heterocycles. The van der Waals surface area contributed by atoms with E-state index in [0.717, 1.165) is 15.3 Å². The smallest absolute Gasteiger partial charge is 0.244 e. The molecular formula is C15H20N2O2S2. The molecule has 2 N–H and O–H groups in total. The summed E-state index contributed by atoms with van der Waals surface area (Å²) in [6, 6.07) is 11.3. The molecule has 0 saturated carbocycles. The highest BCUT2D eigenvalue weighted by Gasteiger charge is 2.26. The third-order valence-electron chi connectivity index (χ3n) is 3.30. The largest absolute Gasteiger partial charge is 0.326 e. The Labute approximate surface area is 130 Å². The van der Waals surface area contributed by atoms with Gasteiger partial charge in [0.15, 0.2) is 0 Å². The molecule has 2 aromatic rings. The first-order chi connectivity index (χ1) is 9.98. The number of nitrogens with zero attached hydrogens (tertiary/aromatic N) is 1. The molecule has 0 aliphatic rings. The van der Waals surface area contributed by atoms with Crippen molar-refractivity contribution in [3.05, 3.63) is 51.7 Å². The first kappa shape index (κ1) is 16.2. The maximum Gasteiger partial charge on any atom is 0.244 e.